The standard InChI is InChI=1S/C15H15N3O3S/c1-9-3-4-12-11(7-9)18(14(20)10(2)21-12)8-13(19)17-15-16-5-6-22-15/h3-7,10H,8H2,1-2H3,(H,16,17,19). The molecule has 1 N–H and O–H groups in total. The topological polar surface area (TPSA) is 71.5 Å². The van der Waals surface area contributed by atoms with Gasteiger partial charge in [0.05, 0.1) is 5.69 Å². The maximum Gasteiger partial charge on any atom is 0.268 e. The number of amides is 2. The lowest BCUT2D eigenvalue weighted by atomic mass is 10.1. The van der Waals surface area contributed by atoms with Crippen molar-refractivity contribution in [2.24, 2.45) is 0 Å². The van der Waals surface area contributed by atoms with Crippen molar-refractivity contribution in [3.63, 3.8) is 0 Å². The lowest BCUT2D eigenvalue weighted by Gasteiger charge is -2.32. The molecule has 1 aliphatic rings. The second-order valence-corrected chi connectivity index (χ2v) is 5.94. The Morgan fingerprint density at radius 1 is 1.50 bits per heavy atom. The third kappa shape index (κ3) is 2.80. The smallest absolute Gasteiger partial charge is 0.268 e. The summed E-state index contributed by atoms with van der Waals surface area (Å²) in [7, 11) is 0. The third-order valence-electron chi connectivity index (χ3n) is 3.30. The Balaban J connectivity index is 1.84. The van der Waals surface area contributed by atoms with Gasteiger partial charge >= 0.3 is 0 Å². The van der Waals surface area contributed by atoms with Crippen LogP contribution in [0.3, 0.4) is 0 Å². The molecule has 0 saturated heterocycles. The molecular formula is C15H15N3O3S. The summed E-state index contributed by atoms with van der Waals surface area (Å²) in [6.45, 7) is 3.54. The van der Waals surface area contributed by atoms with Gasteiger partial charge in [-0.3, -0.25) is 14.5 Å². The molecule has 1 atom stereocenters. The number of anilines is 2. The molecule has 1 unspecified atom stereocenters. The van der Waals surface area contributed by atoms with E-state index in [9.17, 15) is 9.59 Å². The minimum absolute atomic E-state index is 0.0669. The molecule has 114 valence electrons. The molecule has 6 nitrogen and oxygen atoms in total. The van der Waals surface area contributed by atoms with E-state index in [-0.39, 0.29) is 18.4 Å². The summed E-state index contributed by atoms with van der Waals surface area (Å²) in [5, 5.41) is 4.97. The van der Waals surface area contributed by atoms with Crippen molar-refractivity contribution in [3.05, 3.63) is 35.3 Å². The van der Waals surface area contributed by atoms with Gasteiger partial charge in [0, 0.05) is 11.6 Å². The molecule has 3 rings (SSSR count). The molecule has 0 saturated carbocycles. The van der Waals surface area contributed by atoms with E-state index in [0.29, 0.717) is 16.6 Å². The van der Waals surface area contributed by atoms with Crippen molar-refractivity contribution in [2.75, 3.05) is 16.8 Å². The average molecular weight is 317 g/mol. The van der Waals surface area contributed by atoms with E-state index < -0.39 is 6.10 Å². The van der Waals surface area contributed by atoms with E-state index in [1.807, 2.05) is 25.1 Å². The van der Waals surface area contributed by atoms with Crippen LogP contribution in [0.2, 0.25) is 0 Å². The summed E-state index contributed by atoms with van der Waals surface area (Å²) >= 11 is 1.33. The molecule has 0 spiro atoms. The molecule has 1 aliphatic heterocycles. The summed E-state index contributed by atoms with van der Waals surface area (Å²) in [6, 6.07) is 5.57. The number of aromatic nitrogens is 1. The first kappa shape index (κ1) is 14.5. The maximum absolute atomic E-state index is 12.3. The number of nitrogens with zero attached hydrogens (tertiary/aromatic N) is 2. The van der Waals surface area contributed by atoms with Crippen molar-refractivity contribution in [3.8, 4) is 5.75 Å². The molecule has 2 aromatic rings. The number of benzene rings is 1. The molecule has 2 amide bonds. The van der Waals surface area contributed by atoms with E-state index in [4.69, 9.17) is 4.74 Å². The maximum atomic E-state index is 12.3. The van der Waals surface area contributed by atoms with Gasteiger partial charge in [0.15, 0.2) is 11.2 Å². The summed E-state index contributed by atoms with van der Waals surface area (Å²) < 4.78 is 5.58. The normalized spacial score (nSPS) is 16.9. The van der Waals surface area contributed by atoms with Crippen LogP contribution in [0.15, 0.2) is 29.8 Å². The number of fused-ring (bicyclic) bond motifs is 1. The molecule has 0 aliphatic carbocycles. The third-order valence-corrected chi connectivity index (χ3v) is 3.99. The first-order chi connectivity index (χ1) is 10.5. The van der Waals surface area contributed by atoms with E-state index >= 15 is 0 Å². The van der Waals surface area contributed by atoms with Crippen LogP contribution in [0.1, 0.15) is 12.5 Å². The Morgan fingerprint density at radius 3 is 3.05 bits per heavy atom. The SMILES string of the molecule is Cc1ccc2c(c1)N(CC(=O)Nc1nccs1)C(=O)C(C)O2. The van der Waals surface area contributed by atoms with Crippen LogP contribution >= 0.6 is 11.3 Å². The van der Waals surface area contributed by atoms with E-state index in [1.165, 1.54) is 16.2 Å². The number of aryl methyl sites for hydroxylation is 1. The fraction of sp³-hybridized carbons (Fsp3) is 0.267. The monoisotopic (exact) mass is 317 g/mol. The highest BCUT2D eigenvalue weighted by atomic mass is 32.1. The van der Waals surface area contributed by atoms with Crippen molar-refractivity contribution < 1.29 is 14.3 Å². The van der Waals surface area contributed by atoms with Gasteiger partial charge in [-0.15, -0.1) is 11.3 Å². The number of ether oxygens (including phenoxy) is 1. The number of thiazole rings is 1. The highest BCUT2D eigenvalue weighted by molar-refractivity contribution is 7.13. The van der Waals surface area contributed by atoms with Crippen molar-refractivity contribution in [1.29, 1.82) is 0 Å². The van der Waals surface area contributed by atoms with Crippen LogP contribution in [0.25, 0.3) is 0 Å². The number of hydrogen-bond acceptors (Lipinski definition) is 5. The highest BCUT2D eigenvalue weighted by Gasteiger charge is 2.32. The zero-order valence-electron chi connectivity index (χ0n) is 12.2. The molecule has 1 aromatic carbocycles. The van der Waals surface area contributed by atoms with Crippen LogP contribution in [0, 0.1) is 6.92 Å². The van der Waals surface area contributed by atoms with Gasteiger partial charge in [-0.1, -0.05) is 6.07 Å². The van der Waals surface area contributed by atoms with Gasteiger partial charge in [-0.25, -0.2) is 4.98 Å². The Morgan fingerprint density at radius 2 is 2.32 bits per heavy atom. The second kappa shape index (κ2) is 5.76. The first-order valence-electron chi connectivity index (χ1n) is 6.82. The molecule has 0 fully saturated rings. The van der Waals surface area contributed by atoms with Crippen LogP contribution in [-0.2, 0) is 9.59 Å². The van der Waals surface area contributed by atoms with Gasteiger partial charge in [0.25, 0.3) is 5.91 Å². The zero-order valence-corrected chi connectivity index (χ0v) is 13.0. The van der Waals surface area contributed by atoms with Crippen LogP contribution in [-0.4, -0.2) is 29.4 Å². The summed E-state index contributed by atoms with van der Waals surface area (Å²) in [6.07, 6.45) is 1.00. The van der Waals surface area contributed by atoms with Crippen molar-refractivity contribution in [1.82, 2.24) is 4.98 Å². The van der Waals surface area contributed by atoms with Gasteiger partial charge in [-0.2, -0.15) is 0 Å². The summed E-state index contributed by atoms with van der Waals surface area (Å²) in [4.78, 5) is 29.9. The van der Waals surface area contributed by atoms with E-state index in [1.54, 1.807) is 18.5 Å². The highest BCUT2D eigenvalue weighted by Crippen LogP contribution is 2.34. The predicted octanol–water partition coefficient (Wildman–Crippen LogP) is 2.20. The molecule has 1 aromatic heterocycles. The Hall–Kier alpha value is -2.41. The van der Waals surface area contributed by atoms with Crippen molar-refractivity contribution in [2.45, 2.75) is 20.0 Å². The molecule has 0 radical (unpaired) electrons. The first-order valence-corrected chi connectivity index (χ1v) is 7.70. The molecule has 22 heavy (non-hydrogen) atoms. The second-order valence-electron chi connectivity index (χ2n) is 5.04. The van der Waals surface area contributed by atoms with Crippen LogP contribution in [0.4, 0.5) is 10.8 Å². The number of rotatable bonds is 3. The van der Waals surface area contributed by atoms with Gasteiger partial charge in [-0.05, 0) is 31.5 Å². The minimum Gasteiger partial charge on any atom is -0.479 e. The van der Waals surface area contributed by atoms with E-state index in [0.717, 1.165) is 5.56 Å². The average Bonchev–Trinajstić information content (AvgIpc) is 2.97. The Bertz CT molecular complexity index is 715. The number of carbonyl (C=O) groups is 2. The quantitative estimate of drug-likeness (QED) is 0.942. The number of hydrogen-bond donors (Lipinski definition) is 1. The minimum atomic E-state index is -0.608. The lowest BCUT2D eigenvalue weighted by Crippen LogP contribution is -2.47. The lowest BCUT2D eigenvalue weighted by molar-refractivity contribution is -0.127. The molecular weight excluding hydrogens is 302 g/mol. The van der Waals surface area contributed by atoms with Crippen molar-refractivity contribution >= 4 is 34.0 Å². The van der Waals surface area contributed by atoms with Crippen LogP contribution in [0.5, 0.6) is 5.75 Å². The molecule has 7 heteroatoms. The number of nitrogens with one attached hydrogen (secondary N) is 1. The van der Waals surface area contributed by atoms with Crippen LogP contribution < -0.4 is 15.0 Å². The van der Waals surface area contributed by atoms with Gasteiger partial charge in [0.2, 0.25) is 5.91 Å². The summed E-state index contributed by atoms with van der Waals surface area (Å²) in [5.41, 5.74) is 1.62. The fourth-order valence-electron chi connectivity index (χ4n) is 2.27. The van der Waals surface area contributed by atoms with Gasteiger partial charge < -0.3 is 10.1 Å². The van der Waals surface area contributed by atoms with E-state index in [2.05, 4.69) is 10.3 Å². The summed E-state index contributed by atoms with van der Waals surface area (Å²) in [5.74, 6) is 0.0944. The zero-order chi connectivity index (χ0) is 15.7. The fourth-order valence-corrected chi connectivity index (χ4v) is 2.81. The molecule has 2 heterocycles. The van der Waals surface area contributed by atoms with Gasteiger partial charge in [0.1, 0.15) is 12.3 Å². The largest absolute Gasteiger partial charge is 0.479 e. The number of carbonyl (C=O) groups excluding carboxylic acids is 2. The molecule has 0 bridgehead atoms. The Labute approximate surface area is 131 Å². The Kier molecular flexibility index (Phi) is 3.81. The predicted molar refractivity (Wildman–Crippen MR) is 84.4 cm³/mol.